The van der Waals surface area contributed by atoms with Crippen molar-refractivity contribution in [1.82, 2.24) is 29.3 Å². The van der Waals surface area contributed by atoms with Gasteiger partial charge in [-0.15, -0.1) is 10.2 Å². The zero-order valence-corrected chi connectivity index (χ0v) is 20.7. The van der Waals surface area contributed by atoms with E-state index in [0.29, 0.717) is 45.3 Å². The largest absolute Gasteiger partial charge is 0.302 e. The van der Waals surface area contributed by atoms with E-state index in [1.807, 2.05) is 6.07 Å². The summed E-state index contributed by atoms with van der Waals surface area (Å²) in [5, 5.41) is 14.0. The molecule has 0 amide bonds. The van der Waals surface area contributed by atoms with E-state index in [9.17, 15) is 9.18 Å². The summed E-state index contributed by atoms with van der Waals surface area (Å²) in [6.07, 6.45) is 8.78. The molecule has 0 bridgehead atoms. The molecule has 9 heteroatoms. The fourth-order valence-corrected chi connectivity index (χ4v) is 6.51. The quantitative estimate of drug-likeness (QED) is 0.401. The third kappa shape index (κ3) is 3.83. The van der Waals surface area contributed by atoms with E-state index in [4.69, 9.17) is 11.6 Å². The third-order valence-electron chi connectivity index (χ3n) is 8.19. The summed E-state index contributed by atoms with van der Waals surface area (Å²) >= 11 is 6.37. The van der Waals surface area contributed by atoms with E-state index < -0.39 is 0 Å². The first-order valence-electron chi connectivity index (χ1n) is 12.2. The highest BCUT2D eigenvalue weighted by Crippen LogP contribution is 2.56. The number of benzene rings is 1. The Hall–Kier alpha value is -2.84. The van der Waals surface area contributed by atoms with E-state index in [0.717, 1.165) is 37.0 Å². The van der Waals surface area contributed by atoms with E-state index >= 15 is 0 Å². The topological polar surface area (TPSA) is 68.3 Å². The molecule has 1 atom stereocenters. The van der Waals surface area contributed by atoms with Gasteiger partial charge in [-0.3, -0.25) is 9.20 Å². The Kier molecular flexibility index (Phi) is 5.41. The molecule has 2 fully saturated rings. The summed E-state index contributed by atoms with van der Waals surface area (Å²) in [4.78, 5) is 15.1. The van der Waals surface area contributed by atoms with Gasteiger partial charge in [0.1, 0.15) is 12.1 Å². The molecule has 3 aromatic heterocycles. The predicted octanol–water partition coefficient (Wildman–Crippen LogP) is 4.22. The highest BCUT2D eigenvalue weighted by atomic mass is 35.5. The van der Waals surface area contributed by atoms with Crippen molar-refractivity contribution in [1.29, 1.82) is 0 Å². The van der Waals surface area contributed by atoms with Gasteiger partial charge in [0.15, 0.2) is 5.65 Å². The van der Waals surface area contributed by atoms with Gasteiger partial charge in [-0.1, -0.05) is 24.6 Å². The fraction of sp³-hybridized carbons (Fsp3) is 0.462. The Morgan fingerprint density at radius 3 is 2.89 bits per heavy atom. The Labute approximate surface area is 207 Å². The monoisotopic (exact) mass is 494 g/mol. The summed E-state index contributed by atoms with van der Waals surface area (Å²) in [5.74, 6) is 0.740. The maximum atomic E-state index is 14.3. The predicted molar refractivity (Wildman–Crippen MR) is 133 cm³/mol. The van der Waals surface area contributed by atoms with Gasteiger partial charge < -0.3 is 4.90 Å². The van der Waals surface area contributed by atoms with Crippen LogP contribution in [0.2, 0.25) is 5.02 Å². The summed E-state index contributed by atoms with van der Waals surface area (Å²) in [5.41, 5.74) is 2.82. The van der Waals surface area contributed by atoms with Crippen molar-refractivity contribution in [3.8, 4) is 0 Å². The Bertz CT molecular complexity index is 1480. The maximum absolute atomic E-state index is 14.3. The van der Waals surface area contributed by atoms with Gasteiger partial charge >= 0.3 is 0 Å². The Morgan fingerprint density at radius 1 is 1.29 bits per heavy atom. The summed E-state index contributed by atoms with van der Waals surface area (Å²) in [6, 6.07) is 5.70. The average molecular weight is 495 g/mol. The highest BCUT2D eigenvalue weighted by molar-refractivity contribution is 6.35. The molecule has 4 heterocycles. The van der Waals surface area contributed by atoms with Crippen LogP contribution in [0.3, 0.4) is 0 Å². The minimum Gasteiger partial charge on any atom is -0.302 e. The first-order chi connectivity index (χ1) is 16.8. The molecule has 1 aromatic carbocycles. The normalized spacial score (nSPS) is 18.7. The molecule has 1 saturated carbocycles. The number of aromatic nitrogens is 5. The second-order valence-corrected chi connectivity index (χ2v) is 10.9. The average Bonchev–Trinajstić information content (AvgIpc) is 3.23. The molecule has 1 aliphatic carbocycles. The lowest BCUT2D eigenvalue weighted by atomic mass is 9.54. The van der Waals surface area contributed by atoms with Crippen LogP contribution in [0.25, 0.3) is 16.4 Å². The lowest BCUT2D eigenvalue weighted by molar-refractivity contribution is -0.0994. The molecule has 1 saturated heterocycles. The van der Waals surface area contributed by atoms with Crippen LogP contribution in [0, 0.1) is 17.2 Å². The molecule has 182 valence electrons. The van der Waals surface area contributed by atoms with Gasteiger partial charge in [-0.2, -0.15) is 5.10 Å². The zero-order valence-electron chi connectivity index (χ0n) is 19.9. The van der Waals surface area contributed by atoms with Gasteiger partial charge in [0, 0.05) is 31.7 Å². The molecular formula is C26H28ClFN6O. The lowest BCUT2D eigenvalue weighted by Crippen LogP contribution is -2.62. The number of fused-ring (bicyclic) bond motifs is 2. The summed E-state index contributed by atoms with van der Waals surface area (Å²) in [6.45, 7) is 5.47. The number of aryl methyl sites for hydroxylation is 2. The first kappa shape index (κ1) is 22.6. The molecule has 4 aromatic rings. The van der Waals surface area contributed by atoms with Crippen molar-refractivity contribution < 1.29 is 4.39 Å². The smallest absolute Gasteiger partial charge is 0.275 e. The molecular weight excluding hydrogens is 467 g/mol. The van der Waals surface area contributed by atoms with Crippen LogP contribution in [0.1, 0.15) is 43.2 Å². The number of likely N-dealkylation sites (tertiary alicyclic amines) is 1. The Morgan fingerprint density at radius 2 is 2.09 bits per heavy atom. The molecule has 0 radical (unpaired) electrons. The van der Waals surface area contributed by atoms with Crippen LogP contribution >= 0.6 is 11.6 Å². The molecule has 2 aliphatic rings. The molecule has 35 heavy (non-hydrogen) atoms. The standard InChI is InChI=1S/C26H28ClFN6O/c1-16(19-5-6-21(27)24-20(19)11-30-32(2)25(24)35)18-9-26(10-18)13-33(14-26)7-3-4-17-8-23-31-29-15-34(23)12-22(17)28/h5-6,8,11-12,15-16,18H,3-4,7,9-10,13-14H2,1-2H3/t16-/m1/s1. The number of rotatable bonds is 6. The maximum Gasteiger partial charge on any atom is 0.275 e. The number of pyridine rings is 1. The van der Waals surface area contributed by atoms with Crippen LogP contribution in [-0.2, 0) is 13.5 Å². The lowest BCUT2D eigenvalue weighted by Gasteiger charge is -2.60. The molecule has 0 unspecified atom stereocenters. The summed E-state index contributed by atoms with van der Waals surface area (Å²) < 4.78 is 17.2. The highest BCUT2D eigenvalue weighted by Gasteiger charge is 2.53. The summed E-state index contributed by atoms with van der Waals surface area (Å²) in [7, 11) is 1.65. The van der Waals surface area contributed by atoms with Crippen LogP contribution < -0.4 is 5.56 Å². The van der Waals surface area contributed by atoms with Crippen molar-refractivity contribution in [3.05, 3.63) is 69.2 Å². The van der Waals surface area contributed by atoms with Gasteiger partial charge in [-0.05, 0) is 72.7 Å². The number of halogens is 2. The van der Waals surface area contributed by atoms with E-state index in [2.05, 4.69) is 33.2 Å². The van der Waals surface area contributed by atoms with Crippen molar-refractivity contribution in [2.24, 2.45) is 18.4 Å². The van der Waals surface area contributed by atoms with Gasteiger partial charge in [0.05, 0.1) is 16.6 Å². The molecule has 0 N–H and O–H groups in total. The van der Waals surface area contributed by atoms with Crippen molar-refractivity contribution in [2.75, 3.05) is 19.6 Å². The second-order valence-electron chi connectivity index (χ2n) is 10.5. The van der Waals surface area contributed by atoms with Crippen LogP contribution in [0.15, 0.2) is 41.7 Å². The third-order valence-corrected chi connectivity index (χ3v) is 8.50. The van der Waals surface area contributed by atoms with Gasteiger partial charge in [0.25, 0.3) is 5.56 Å². The van der Waals surface area contributed by atoms with E-state index in [1.54, 1.807) is 23.7 Å². The first-order valence-corrected chi connectivity index (χ1v) is 12.6. The van der Waals surface area contributed by atoms with E-state index in [1.165, 1.54) is 30.0 Å². The van der Waals surface area contributed by atoms with Crippen molar-refractivity contribution in [3.63, 3.8) is 0 Å². The van der Waals surface area contributed by atoms with Crippen molar-refractivity contribution in [2.45, 2.75) is 38.5 Å². The van der Waals surface area contributed by atoms with Crippen molar-refractivity contribution >= 4 is 28.0 Å². The van der Waals surface area contributed by atoms with E-state index in [-0.39, 0.29) is 11.4 Å². The number of nitrogens with zero attached hydrogens (tertiary/aromatic N) is 6. The molecule has 1 aliphatic heterocycles. The SMILES string of the molecule is C[C@@H](c1ccc(Cl)c2c(=O)n(C)ncc12)C1CC2(C1)CN(CCCc1cc3nncn3cc1F)C2. The second kappa shape index (κ2) is 8.38. The molecule has 7 nitrogen and oxygen atoms in total. The fourth-order valence-electron chi connectivity index (χ4n) is 6.27. The minimum atomic E-state index is -0.198. The number of hydrogen-bond donors (Lipinski definition) is 0. The van der Waals surface area contributed by atoms with Crippen LogP contribution in [0.5, 0.6) is 0 Å². The molecule has 1 spiro atoms. The van der Waals surface area contributed by atoms with Gasteiger partial charge in [-0.25, -0.2) is 9.07 Å². The van der Waals surface area contributed by atoms with Crippen LogP contribution in [0.4, 0.5) is 4.39 Å². The molecule has 6 rings (SSSR count). The van der Waals surface area contributed by atoms with Crippen LogP contribution in [-0.4, -0.2) is 48.9 Å². The zero-order chi connectivity index (χ0) is 24.3. The van der Waals surface area contributed by atoms with Gasteiger partial charge in [0.2, 0.25) is 0 Å². The Balaban J connectivity index is 1.04. The minimum absolute atomic E-state index is 0.150. The number of hydrogen-bond acceptors (Lipinski definition) is 5.